The number of nitrogens with zero attached hydrogens (tertiary/aromatic N) is 1. The normalized spacial score (nSPS) is 11.7. The summed E-state index contributed by atoms with van der Waals surface area (Å²) in [6.07, 6.45) is 3.22. The lowest BCUT2D eigenvalue weighted by Crippen LogP contribution is -2.12. The Morgan fingerprint density at radius 1 is 0.826 bits per heavy atom. The van der Waals surface area contributed by atoms with Crippen molar-refractivity contribution in [3.63, 3.8) is 0 Å². The van der Waals surface area contributed by atoms with E-state index in [-0.39, 0.29) is 11.7 Å². The van der Waals surface area contributed by atoms with E-state index in [0.717, 1.165) is 11.1 Å². The lowest BCUT2D eigenvalue weighted by atomic mass is 10.0. The molecule has 0 unspecified atom stereocenters. The van der Waals surface area contributed by atoms with E-state index in [0.29, 0.717) is 22.4 Å². The van der Waals surface area contributed by atoms with Crippen LogP contribution in [0.25, 0.3) is 11.1 Å². The number of aromatic nitrogens is 1. The summed E-state index contributed by atoms with van der Waals surface area (Å²) < 4.78 is 0. The number of fused-ring (bicyclic) bond motifs is 3. The van der Waals surface area contributed by atoms with E-state index in [1.54, 1.807) is 36.7 Å². The highest BCUT2D eigenvalue weighted by molar-refractivity contribution is 6.22. The van der Waals surface area contributed by atoms with Gasteiger partial charge in [-0.2, -0.15) is 0 Å². The molecule has 0 saturated heterocycles. The molecule has 4 rings (SSSR count). The highest BCUT2D eigenvalue weighted by Gasteiger charge is 2.26. The molecule has 0 fully saturated rings. The van der Waals surface area contributed by atoms with Gasteiger partial charge in [0.05, 0.1) is 0 Å². The molecule has 0 bridgehead atoms. The Labute approximate surface area is 132 Å². The van der Waals surface area contributed by atoms with Gasteiger partial charge in [-0.3, -0.25) is 14.6 Å². The highest BCUT2D eigenvalue weighted by Crippen LogP contribution is 2.36. The molecular formula is C19H12N2O2. The number of carbonyl (C=O) groups is 2. The predicted molar refractivity (Wildman–Crippen MR) is 87.5 cm³/mol. The number of benzene rings is 2. The SMILES string of the molecule is O=C(Nc1ccncc1)c1ccc2c(c1)C(=O)c1ccccc1-2. The van der Waals surface area contributed by atoms with Gasteiger partial charge in [-0.1, -0.05) is 30.3 Å². The van der Waals surface area contributed by atoms with Gasteiger partial charge in [0.15, 0.2) is 5.78 Å². The Hall–Kier alpha value is -3.27. The van der Waals surface area contributed by atoms with E-state index in [1.807, 2.05) is 30.3 Å². The maximum atomic E-state index is 12.5. The molecule has 0 atom stereocenters. The van der Waals surface area contributed by atoms with Crippen LogP contribution in [0, 0.1) is 0 Å². The van der Waals surface area contributed by atoms with Gasteiger partial charge in [0.25, 0.3) is 5.91 Å². The summed E-state index contributed by atoms with van der Waals surface area (Å²) in [6, 6.07) is 16.2. The molecule has 4 heteroatoms. The van der Waals surface area contributed by atoms with Gasteiger partial charge < -0.3 is 5.32 Å². The van der Waals surface area contributed by atoms with E-state index in [9.17, 15) is 9.59 Å². The minimum absolute atomic E-state index is 0.0332. The number of rotatable bonds is 2. The zero-order chi connectivity index (χ0) is 15.8. The van der Waals surface area contributed by atoms with Gasteiger partial charge in [0.2, 0.25) is 0 Å². The van der Waals surface area contributed by atoms with E-state index in [4.69, 9.17) is 0 Å². The Morgan fingerprint density at radius 3 is 2.30 bits per heavy atom. The van der Waals surface area contributed by atoms with Crippen molar-refractivity contribution in [1.29, 1.82) is 0 Å². The molecule has 2 aromatic carbocycles. The third kappa shape index (κ3) is 2.21. The van der Waals surface area contributed by atoms with Crippen LogP contribution in [-0.4, -0.2) is 16.7 Å². The number of nitrogens with one attached hydrogen (secondary N) is 1. The molecule has 0 aliphatic heterocycles. The summed E-state index contributed by atoms with van der Waals surface area (Å²) in [6.45, 7) is 0. The summed E-state index contributed by atoms with van der Waals surface area (Å²) in [5.41, 5.74) is 4.20. The molecule has 1 heterocycles. The second-order valence-corrected chi connectivity index (χ2v) is 5.33. The van der Waals surface area contributed by atoms with Crippen LogP contribution in [-0.2, 0) is 0 Å². The van der Waals surface area contributed by atoms with Crippen molar-refractivity contribution in [2.45, 2.75) is 0 Å². The van der Waals surface area contributed by atoms with Crippen LogP contribution >= 0.6 is 0 Å². The minimum atomic E-state index is -0.247. The van der Waals surface area contributed by atoms with Crippen LogP contribution in [0.4, 0.5) is 5.69 Å². The second kappa shape index (κ2) is 5.18. The summed E-state index contributed by atoms with van der Waals surface area (Å²) >= 11 is 0. The zero-order valence-electron chi connectivity index (χ0n) is 12.1. The molecule has 1 N–H and O–H groups in total. The number of hydrogen-bond acceptors (Lipinski definition) is 3. The maximum absolute atomic E-state index is 12.5. The fraction of sp³-hybridized carbons (Fsp3) is 0. The van der Waals surface area contributed by atoms with Crippen molar-refractivity contribution < 1.29 is 9.59 Å². The molecule has 1 aliphatic carbocycles. The quantitative estimate of drug-likeness (QED) is 0.616. The van der Waals surface area contributed by atoms with Crippen LogP contribution < -0.4 is 5.32 Å². The summed E-state index contributed by atoms with van der Waals surface area (Å²) in [7, 11) is 0. The van der Waals surface area contributed by atoms with E-state index in [2.05, 4.69) is 10.3 Å². The molecule has 4 nitrogen and oxygen atoms in total. The standard InChI is InChI=1S/C19H12N2O2/c22-18-16-4-2-1-3-14(16)15-6-5-12(11-17(15)18)19(23)21-13-7-9-20-10-8-13/h1-11H,(H,20,21,23). The third-order valence-corrected chi connectivity index (χ3v) is 3.93. The fourth-order valence-corrected chi connectivity index (χ4v) is 2.81. The number of pyridine rings is 1. The molecule has 0 saturated carbocycles. The third-order valence-electron chi connectivity index (χ3n) is 3.93. The maximum Gasteiger partial charge on any atom is 0.255 e. The van der Waals surface area contributed by atoms with Gasteiger partial charge in [-0.25, -0.2) is 0 Å². The van der Waals surface area contributed by atoms with Crippen molar-refractivity contribution in [3.05, 3.63) is 83.7 Å². The number of ketones is 1. The van der Waals surface area contributed by atoms with Gasteiger partial charge in [0.1, 0.15) is 0 Å². The van der Waals surface area contributed by atoms with E-state index >= 15 is 0 Å². The van der Waals surface area contributed by atoms with Crippen molar-refractivity contribution in [1.82, 2.24) is 4.98 Å². The first kappa shape index (κ1) is 13.4. The number of anilines is 1. The first-order chi connectivity index (χ1) is 11.2. The largest absolute Gasteiger partial charge is 0.322 e. The molecule has 3 aromatic rings. The van der Waals surface area contributed by atoms with Crippen LogP contribution in [0.1, 0.15) is 26.3 Å². The lowest BCUT2D eigenvalue weighted by molar-refractivity contribution is 0.102. The number of amides is 1. The van der Waals surface area contributed by atoms with Crippen molar-refractivity contribution in [3.8, 4) is 11.1 Å². The first-order valence-corrected chi connectivity index (χ1v) is 7.23. The molecular weight excluding hydrogens is 288 g/mol. The van der Waals surface area contributed by atoms with E-state index < -0.39 is 0 Å². The molecule has 0 radical (unpaired) electrons. The monoisotopic (exact) mass is 300 g/mol. The van der Waals surface area contributed by atoms with Crippen LogP contribution in [0.3, 0.4) is 0 Å². The molecule has 0 spiro atoms. The molecule has 1 amide bonds. The van der Waals surface area contributed by atoms with E-state index in [1.165, 1.54) is 0 Å². The molecule has 1 aliphatic rings. The average molecular weight is 300 g/mol. The summed E-state index contributed by atoms with van der Waals surface area (Å²) in [5, 5.41) is 2.80. The van der Waals surface area contributed by atoms with Crippen LogP contribution in [0.15, 0.2) is 67.0 Å². The highest BCUT2D eigenvalue weighted by atomic mass is 16.1. The lowest BCUT2D eigenvalue weighted by Gasteiger charge is -2.06. The Balaban J connectivity index is 1.69. The van der Waals surface area contributed by atoms with Crippen LogP contribution in [0.5, 0.6) is 0 Å². The minimum Gasteiger partial charge on any atom is -0.322 e. The van der Waals surface area contributed by atoms with Gasteiger partial charge >= 0.3 is 0 Å². The first-order valence-electron chi connectivity index (χ1n) is 7.23. The summed E-state index contributed by atoms with van der Waals surface area (Å²) in [5.74, 6) is -0.281. The molecule has 110 valence electrons. The number of hydrogen-bond donors (Lipinski definition) is 1. The van der Waals surface area contributed by atoms with Crippen molar-refractivity contribution in [2.75, 3.05) is 5.32 Å². The van der Waals surface area contributed by atoms with Gasteiger partial charge in [0, 0.05) is 34.8 Å². The smallest absolute Gasteiger partial charge is 0.255 e. The Kier molecular flexibility index (Phi) is 3.01. The summed E-state index contributed by atoms with van der Waals surface area (Å²) in [4.78, 5) is 28.7. The second-order valence-electron chi connectivity index (χ2n) is 5.33. The molecule has 23 heavy (non-hydrogen) atoms. The fourth-order valence-electron chi connectivity index (χ4n) is 2.81. The Morgan fingerprint density at radius 2 is 1.52 bits per heavy atom. The van der Waals surface area contributed by atoms with Crippen molar-refractivity contribution >= 4 is 17.4 Å². The van der Waals surface area contributed by atoms with Gasteiger partial charge in [-0.15, -0.1) is 0 Å². The average Bonchev–Trinajstić information content (AvgIpc) is 2.89. The zero-order valence-corrected chi connectivity index (χ0v) is 12.1. The topological polar surface area (TPSA) is 59.1 Å². The van der Waals surface area contributed by atoms with Gasteiger partial charge in [-0.05, 0) is 35.4 Å². The molecule has 1 aromatic heterocycles. The predicted octanol–water partition coefficient (Wildman–Crippen LogP) is 3.55. The van der Waals surface area contributed by atoms with Crippen LogP contribution in [0.2, 0.25) is 0 Å². The van der Waals surface area contributed by atoms with Crippen molar-refractivity contribution in [2.24, 2.45) is 0 Å². The number of carbonyl (C=O) groups excluding carboxylic acids is 2. The Bertz CT molecular complexity index is 933.